The fourth-order valence-electron chi connectivity index (χ4n) is 3.22. The van der Waals surface area contributed by atoms with Gasteiger partial charge < -0.3 is 19.3 Å². The lowest BCUT2D eigenvalue weighted by molar-refractivity contribution is -0.115. The van der Waals surface area contributed by atoms with Crippen LogP contribution in [-0.4, -0.2) is 30.4 Å². The molecule has 1 aliphatic rings. The first-order valence-electron chi connectivity index (χ1n) is 9.17. The zero-order valence-electron chi connectivity index (χ0n) is 15.2. The van der Waals surface area contributed by atoms with Gasteiger partial charge in [0, 0.05) is 12.0 Å². The highest BCUT2D eigenvalue weighted by molar-refractivity contribution is 5.95. The first-order chi connectivity index (χ1) is 13.2. The van der Waals surface area contributed by atoms with Crippen LogP contribution in [0.2, 0.25) is 0 Å². The molecule has 0 aliphatic carbocycles. The van der Waals surface area contributed by atoms with Crippen molar-refractivity contribution >= 4 is 22.6 Å². The Kier molecular flexibility index (Phi) is 5.07. The van der Waals surface area contributed by atoms with E-state index in [-0.39, 0.29) is 18.4 Å². The number of carbonyl (C=O) groups is 1. The summed E-state index contributed by atoms with van der Waals surface area (Å²) < 4.78 is 16.8. The molecule has 2 aromatic carbocycles. The van der Waals surface area contributed by atoms with Crippen LogP contribution in [0.4, 0.5) is 5.69 Å². The Morgan fingerprint density at radius 2 is 2.19 bits per heavy atom. The zero-order valence-corrected chi connectivity index (χ0v) is 15.2. The molecular weight excluding hydrogens is 344 g/mol. The second kappa shape index (κ2) is 7.80. The van der Waals surface area contributed by atoms with Crippen LogP contribution in [0.3, 0.4) is 0 Å². The van der Waals surface area contributed by atoms with E-state index in [1.54, 1.807) is 0 Å². The summed E-state index contributed by atoms with van der Waals surface area (Å²) in [6.45, 7) is 3.27. The quantitative estimate of drug-likeness (QED) is 0.717. The van der Waals surface area contributed by atoms with Gasteiger partial charge in [0.05, 0.1) is 18.2 Å². The molecule has 0 bridgehead atoms. The third kappa shape index (κ3) is 4.11. The summed E-state index contributed by atoms with van der Waals surface area (Å²) in [5, 5.41) is 7.80. The van der Waals surface area contributed by atoms with Gasteiger partial charge in [-0.15, -0.1) is 0 Å². The Morgan fingerprint density at radius 1 is 1.30 bits per heavy atom. The molecule has 2 heterocycles. The van der Waals surface area contributed by atoms with Crippen molar-refractivity contribution in [3.05, 3.63) is 53.7 Å². The number of para-hydroxylation sites is 1. The van der Waals surface area contributed by atoms with Crippen LogP contribution in [0.1, 0.15) is 24.1 Å². The number of nitrogens with zero attached hydrogens (tertiary/aromatic N) is 1. The normalized spacial score (nSPS) is 16.6. The molecule has 6 heteroatoms. The van der Waals surface area contributed by atoms with Gasteiger partial charge in [0.1, 0.15) is 18.1 Å². The summed E-state index contributed by atoms with van der Waals surface area (Å²) >= 11 is 0. The van der Waals surface area contributed by atoms with Crippen molar-refractivity contribution in [2.75, 3.05) is 18.5 Å². The number of nitrogens with one attached hydrogen (secondary N) is 1. The molecule has 1 atom stereocenters. The molecule has 1 fully saturated rings. The molecule has 6 nitrogen and oxygen atoms in total. The number of benzene rings is 2. The Hall–Kier alpha value is -2.86. The highest BCUT2D eigenvalue weighted by Crippen LogP contribution is 2.27. The van der Waals surface area contributed by atoms with Crippen molar-refractivity contribution in [3.8, 4) is 5.75 Å². The van der Waals surface area contributed by atoms with Crippen molar-refractivity contribution < 1.29 is 18.8 Å². The number of ether oxygens (including phenoxy) is 2. The Balaban J connectivity index is 1.45. The Labute approximate surface area is 157 Å². The van der Waals surface area contributed by atoms with E-state index in [1.807, 2.05) is 49.4 Å². The van der Waals surface area contributed by atoms with Crippen molar-refractivity contribution in [2.45, 2.75) is 32.3 Å². The summed E-state index contributed by atoms with van der Waals surface area (Å²) in [4.78, 5) is 12.5. The SMILES string of the molecule is Cc1ccc(NC(=O)Cc2noc3ccccc23)c(OC[C@H]2CCCO2)c1. The molecule has 0 unspecified atom stereocenters. The minimum atomic E-state index is -0.167. The molecule has 0 spiro atoms. The molecule has 4 rings (SSSR count). The third-order valence-corrected chi connectivity index (χ3v) is 4.64. The van der Waals surface area contributed by atoms with Crippen LogP contribution < -0.4 is 10.1 Å². The molecule has 0 saturated carbocycles. The maximum Gasteiger partial charge on any atom is 0.230 e. The zero-order chi connectivity index (χ0) is 18.6. The molecule has 1 amide bonds. The van der Waals surface area contributed by atoms with Gasteiger partial charge in [-0.2, -0.15) is 0 Å². The number of aromatic nitrogens is 1. The fraction of sp³-hybridized carbons (Fsp3) is 0.333. The summed E-state index contributed by atoms with van der Waals surface area (Å²) in [5.74, 6) is 0.490. The number of aryl methyl sites for hydroxylation is 1. The number of anilines is 1. The number of hydrogen-bond acceptors (Lipinski definition) is 5. The van der Waals surface area contributed by atoms with Crippen molar-refractivity contribution in [1.29, 1.82) is 0 Å². The van der Waals surface area contributed by atoms with E-state index < -0.39 is 0 Å². The maximum atomic E-state index is 12.5. The van der Waals surface area contributed by atoms with Gasteiger partial charge in [-0.05, 0) is 49.6 Å². The van der Waals surface area contributed by atoms with E-state index in [0.717, 1.165) is 30.4 Å². The minimum absolute atomic E-state index is 0.121. The van der Waals surface area contributed by atoms with Crippen molar-refractivity contribution in [2.24, 2.45) is 0 Å². The predicted molar refractivity (Wildman–Crippen MR) is 102 cm³/mol. The second-order valence-corrected chi connectivity index (χ2v) is 6.80. The lowest BCUT2D eigenvalue weighted by Crippen LogP contribution is -2.19. The largest absolute Gasteiger partial charge is 0.489 e. The summed E-state index contributed by atoms with van der Waals surface area (Å²) in [6, 6.07) is 13.2. The first-order valence-corrected chi connectivity index (χ1v) is 9.17. The number of carbonyl (C=O) groups excluding carboxylic acids is 1. The van der Waals surface area contributed by atoms with E-state index in [0.29, 0.717) is 29.3 Å². The van der Waals surface area contributed by atoms with Crippen LogP contribution in [0, 0.1) is 6.92 Å². The molecule has 1 aromatic heterocycles. The van der Waals surface area contributed by atoms with Crippen molar-refractivity contribution in [1.82, 2.24) is 5.16 Å². The highest BCUT2D eigenvalue weighted by atomic mass is 16.5. The summed E-state index contributed by atoms with van der Waals surface area (Å²) in [6.07, 6.45) is 2.33. The van der Waals surface area contributed by atoms with E-state index >= 15 is 0 Å². The Morgan fingerprint density at radius 3 is 3.04 bits per heavy atom. The molecule has 1 N–H and O–H groups in total. The molecule has 27 heavy (non-hydrogen) atoms. The third-order valence-electron chi connectivity index (χ3n) is 4.64. The summed E-state index contributed by atoms with van der Waals surface area (Å²) in [7, 11) is 0. The van der Waals surface area contributed by atoms with Crippen molar-refractivity contribution in [3.63, 3.8) is 0 Å². The van der Waals surface area contributed by atoms with Gasteiger partial charge in [0.15, 0.2) is 5.58 Å². The molecule has 1 saturated heterocycles. The monoisotopic (exact) mass is 366 g/mol. The van der Waals surface area contributed by atoms with E-state index in [4.69, 9.17) is 14.0 Å². The van der Waals surface area contributed by atoms with Gasteiger partial charge in [0.25, 0.3) is 0 Å². The van der Waals surface area contributed by atoms with Crippen LogP contribution >= 0.6 is 0 Å². The number of rotatable bonds is 6. The van der Waals surface area contributed by atoms with E-state index in [1.165, 1.54) is 0 Å². The maximum absolute atomic E-state index is 12.5. The molecule has 1 aliphatic heterocycles. The van der Waals surface area contributed by atoms with Crippen LogP contribution in [0.25, 0.3) is 11.0 Å². The fourth-order valence-corrected chi connectivity index (χ4v) is 3.22. The predicted octanol–water partition coefficient (Wildman–Crippen LogP) is 3.88. The smallest absolute Gasteiger partial charge is 0.230 e. The minimum Gasteiger partial charge on any atom is -0.489 e. The topological polar surface area (TPSA) is 73.6 Å². The number of amides is 1. The van der Waals surface area contributed by atoms with Gasteiger partial charge >= 0.3 is 0 Å². The second-order valence-electron chi connectivity index (χ2n) is 6.80. The van der Waals surface area contributed by atoms with Gasteiger partial charge in [-0.3, -0.25) is 4.79 Å². The average Bonchev–Trinajstić information content (AvgIpc) is 3.32. The lowest BCUT2D eigenvalue weighted by atomic mass is 10.1. The van der Waals surface area contributed by atoms with Crippen LogP contribution in [-0.2, 0) is 16.0 Å². The first kappa shape index (κ1) is 17.5. The molecule has 0 radical (unpaired) electrons. The molecule has 3 aromatic rings. The Bertz CT molecular complexity index is 944. The van der Waals surface area contributed by atoms with Crippen LogP contribution in [0.5, 0.6) is 5.75 Å². The van der Waals surface area contributed by atoms with Gasteiger partial charge in [0.2, 0.25) is 5.91 Å². The van der Waals surface area contributed by atoms with E-state index in [9.17, 15) is 4.79 Å². The van der Waals surface area contributed by atoms with Gasteiger partial charge in [-0.25, -0.2) is 0 Å². The number of fused-ring (bicyclic) bond motifs is 1. The molecular formula is C21H22N2O4. The van der Waals surface area contributed by atoms with Crippen LogP contribution in [0.15, 0.2) is 47.0 Å². The average molecular weight is 366 g/mol. The lowest BCUT2D eigenvalue weighted by Gasteiger charge is -2.16. The van der Waals surface area contributed by atoms with E-state index in [2.05, 4.69) is 10.5 Å². The molecule has 140 valence electrons. The summed E-state index contributed by atoms with van der Waals surface area (Å²) in [5.41, 5.74) is 3.02. The standard InChI is InChI=1S/C21H22N2O4/c1-14-8-9-17(20(11-14)26-13-15-5-4-10-25-15)22-21(24)12-18-16-6-2-3-7-19(16)27-23-18/h2-3,6-9,11,15H,4-5,10,12-13H2,1H3,(H,22,24)/t15-/m1/s1. The number of hydrogen-bond donors (Lipinski definition) is 1. The van der Waals surface area contributed by atoms with Gasteiger partial charge in [-0.1, -0.05) is 23.4 Å². The highest BCUT2D eigenvalue weighted by Gasteiger charge is 2.18.